The second kappa shape index (κ2) is 8.39. The first-order valence-corrected chi connectivity index (χ1v) is 10.2. The lowest BCUT2D eigenvalue weighted by atomic mass is 10.0. The number of amides is 1. The van der Waals surface area contributed by atoms with Crippen LogP contribution in [0.1, 0.15) is 49.8 Å². The van der Waals surface area contributed by atoms with E-state index in [4.69, 9.17) is 0 Å². The summed E-state index contributed by atoms with van der Waals surface area (Å²) < 4.78 is 66.0. The number of sulfonamides is 1. The Morgan fingerprint density at radius 1 is 1.31 bits per heavy atom. The number of hydrogen-bond acceptors (Lipinski definition) is 3. The number of nitrogens with one attached hydrogen (secondary N) is 1. The third-order valence-corrected chi connectivity index (χ3v) is 5.75. The molecule has 1 atom stereocenters. The summed E-state index contributed by atoms with van der Waals surface area (Å²) in [6.07, 6.45) is -2.35. The number of carbonyl (C=O) groups is 1. The molecule has 0 bridgehead atoms. The van der Waals surface area contributed by atoms with Gasteiger partial charge in [0.05, 0.1) is 17.4 Å². The third-order valence-electron chi connectivity index (χ3n) is 4.28. The van der Waals surface area contributed by atoms with E-state index in [2.05, 4.69) is 4.72 Å². The fourth-order valence-corrected chi connectivity index (χ4v) is 4.30. The smallest absolute Gasteiger partial charge is 0.341 e. The van der Waals surface area contributed by atoms with Crippen LogP contribution in [0.5, 0.6) is 0 Å². The quantitative estimate of drug-likeness (QED) is 0.739. The van der Waals surface area contributed by atoms with Crippen molar-refractivity contribution in [3.8, 4) is 0 Å². The molecule has 0 spiro atoms. The van der Waals surface area contributed by atoms with Gasteiger partial charge in [-0.25, -0.2) is 13.1 Å². The summed E-state index contributed by atoms with van der Waals surface area (Å²) in [5, 5.41) is 0. The monoisotopic (exact) mass is 392 g/mol. The lowest BCUT2D eigenvalue weighted by Gasteiger charge is -2.25. The van der Waals surface area contributed by atoms with Crippen LogP contribution in [0, 0.1) is 0 Å². The number of nitrogens with zero attached hydrogens (tertiary/aromatic N) is 1. The Morgan fingerprint density at radius 2 is 2.04 bits per heavy atom. The number of rotatable bonds is 8. The second-order valence-corrected chi connectivity index (χ2v) is 8.28. The Bertz CT molecular complexity index is 735. The predicted octanol–water partition coefficient (Wildman–Crippen LogP) is 3.09. The highest BCUT2D eigenvalue weighted by atomic mass is 32.2. The van der Waals surface area contributed by atoms with Gasteiger partial charge in [0.25, 0.3) is 0 Å². The van der Waals surface area contributed by atoms with Crippen molar-refractivity contribution in [3.05, 3.63) is 35.4 Å². The highest BCUT2D eigenvalue weighted by Crippen LogP contribution is 2.31. The minimum atomic E-state index is -4.52. The minimum Gasteiger partial charge on any atom is -0.341 e. The van der Waals surface area contributed by atoms with Crippen molar-refractivity contribution in [2.45, 2.75) is 44.8 Å². The Balaban J connectivity index is 2.29. The van der Waals surface area contributed by atoms with Crippen LogP contribution in [0.3, 0.4) is 0 Å². The van der Waals surface area contributed by atoms with E-state index in [1.54, 1.807) is 0 Å². The number of alkyl halides is 3. The van der Waals surface area contributed by atoms with Crippen molar-refractivity contribution in [1.82, 2.24) is 9.62 Å². The second-order valence-electron chi connectivity index (χ2n) is 6.41. The number of halogens is 3. The number of likely N-dealkylation sites (tertiary alicyclic amines) is 1. The molecule has 1 fully saturated rings. The molecule has 1 saturated heterocycles. The van der Waals surface area contributed by atoms with Gasteiger partial charge in [0.1, 0.15) is 0 Å². The lowest BCUT2D eigenvalue weighted by molar-refractivity contribution is -0.137. The Hall–Kier alpha value is -1.61. The average molecular weight is 392 g/mol. The predicted molar refractivity (Wildman–Crippen MR) is 91.8 cm³/mol. The van der Waals surface area contributed by atoms with Crippen LogP contribution in [0.25, 0.3) is 0 Å². The van der Waals surface area contributed by atoms with E-state index in [1.165, 1.54) is 17.0 Å². The van der Waals surface area contributed by atoms with Crippen LogP contribution in [0.4, 0.5) is 13.2 Å². The highest BCUT2D eigenvalue weighted by molar-refractivity contribution is 7.89. The van der Waals surface area contributed by atoms with Gasteiger partial charge in [-0.3, -0.25) is 4.79 Å². The van der Waals surface area contributed by atoms with Crippen molar-refractivity contribution in [1.29, 1.82) is 0 Å². The molecule has 1 N–H and O–H groups in total. The van der Waals surface area contributed by atoms with E-state index in [0.29, 0.717) is 32.2 Å². The van der Waals surface area contributed by atoms with Gasteiger partial charge in [0, 0.05) is 19.5 Å². The van der Waals surface area contributed by atoms with Gasteiger partial charge in [-0.15, -0.1) is 0 Å². The molecule has 5 nitrogen and oxygen atoms in total. The topological polar surface area (TPSA) is 66.5 Å². The van der Waals surface area contributed by atoms with E-state index in [9.17, 15) is 26.4 Å². The van der Waals surface area contributed by atoms with Crippen molar-refractivity contribution in [3.63, 3.8) is 0 Å². The molecule has 1 aliphatic heterocycles. The normalized spacial score (nSPS) is 16.9. The zero-order valence-electron chi connectivity index (χ0n) is 14.6. The van der Waals surface area contributed by atoms with Gasteiger partial charge in [-0.1, -0.05) is 25.5 Å². The van der Waals surface area contributed by atoms with Crippen molar-refractivity contribution in [2.75, 3.05) is 18.8 Å². The van der Waals surface area contributed by atoms with Crippen molar-refractivity contribution < 1.29 is 26.4 Å². The zero-order chi connectivity index (χ0) is 19.4. The number of unbranched alkanes of at least 4 members (excludes halogenated alkanes) is 1. The Kier molecular flexibility index (Phi) is 6.68. The highest BCUT2D eigenvalue weighted by Gasteiger charge is 2.32. The molecule has 1 aliphatic rings. The lowest BCUT2D eigenvalue weighted by Crippen LogP contribution is -2.39. The molecule has 0 aromatic heterocycles. The number of benzene rings is 1. The molecule has 1 aromatic rings. The van der Waals surface area contributed by atoms with Gasteiger partial charge in [0.2, 0.25) is 15.9 Å². The van der Waals surface area contributed by atoms with E-state index in [0.717, 1.165) is 12.1 Å². The third kappa shape index (κ3) is 5.70. The molecule has 0 aliphatic carbocycles. The Labute approximate surface area is 151 Å². The maximum atomic E-state index is 13.0. The SMILES string of the molecule is CCCCS(=O)(=O)NC(CN1CCCC1=O)c1cccc(C(F)(F)F)c1. The Morgan fingerprint density at radius 3 is 2.62 bits per heavy atom. The zero-order valence-corrected chi connectivity index (χ0v) is 15.4. The van der Waals surface area contributed by atoms with Gasteiger partial charge in [-0.05, 0) is 30.5 Å². The molecule has 9 heteroatoms. The molecule has 2 rings (SSSR count). The van der Waals surface area contributed by atoms with Gasteiger partial charge in [-0.2, -0.15) is 13.2 Å². The molecule has 0 saturated carbocycles. The summed E-state index contributed by atoms with van der Waals surface area (Å²) in [6, 6.07) is 3.65. The van der Waals surface area contributed by atoms with Crippen LogP contribution in [-0.4, -0.2) is 38.1 Å². The van der Waals surface area contributed by atoms with Crippen LogP contribution in [0.15, 0.2) is 24.3 Å². The molecule has 1 aromatic carbocycles. The largest absolute Gasteiger partial charge is 0.416 e. The van der Waals surface area contributed by atoms with Crippen molar-refractivity contribution in [2.24, 2.45) is 0 Å². The molecule has 0 radical (unpaired) electrons. The van der Waals surface area contributed by atoms with Crippen LogP contribution < -0.4 is 4.72 Å². The van der Waals surface area contributed by atoms with E-state index in [-0.39, 0.29) is 23.8 Å². The molecule has 26 heavy (non-hydrogen) atoms. The summed E-state index contributed by atoms with van der Waals surface area (Å²) in [5.74, 6) is -0.220. The molecular formula is C17H23F3N2O3S. The first kappa shape index (κ1) is 20.7. The maximum absolute atomic E-state index is 13.0. The van der Waals surface area contributed by atoms with Gasteiger partial charge < -0.3 is 4.90 Å². The molecule has 1 amide bonds. The average Bonchev–Trinajstić information content (AvgIpc) is 2.96. The van der Waals surface area contributed by atoms with Gasteiger partial charge in [0.15, 0.2) is 0 Å². The fourth-order valence-electron chi connectivity index (χ4n) is 2.87. The van der Waals surface area contributed by atoms with Gasteiger partial charge >= 0.3 is 6.18 Å². The fraction of sp³-hybridized carbons (Fsp3) is 0.588. The molecular weight excluding hydrogens is 369 g/mol. The first-order chi connectivity index (χ1) is 12.1. The van der Waals surface area contributed by atoms with E-state index < -0.39 is 27.8 Å². The minimum absolute atomic E-state index is 0.0193. The molecule has 1 heterocycles. The number of carbonyl (C=O) groups excluding carboxylic acids is 1. The first-order valence-electron chi connectivity index (χ1n) is 8.57. The maximum Gasteiger partial charge on any atom is 0.416 e. The summed E-state index contributed by atoms with van der Waals surface area (Å²) in [6.45, 7) is 2.35. The van der Waals surface area contributed by atoms with Crippen molar-refractivity contribution >= 4 is 15.9 Å². The summed E-state index contributed by atoms with van der Waals surface area (Å²) >= 11 is 0. The number of hydrogen-bond donors (Lipinski definition) is 1. The summed E-state index contributed by atoms with van der Waals surface area (Å²) in [4.78, 5) is 13.4. The summed E-state index contributed by atoms with van der Waals surface area (Å²) in [5.41, 5.74) is -0.653. The standard InChI is InChI=1S/C17H23F3N2O3S/c1-2-3-10-26(24,25)21-15(12-22-9-5-8-16(22)23)13-6-4-7-14(11-13)17(18,19)20/h4,6-7,11,15,21H,2-3,5,8-10,12H2,1H3. The van der Waals surface area contributed by atoms with E-state index in [1.807, 2.05) is 6.92 Å². The molecule has 1 unspecified atom stereocenters. The van der Waals surface area contributed by atoms with E-state index >= 15 is 0 Å². The van der Waals surface area contributed by atoms with Crippen LogP contribution >= 0.6 is 0 Å². The molecule has 146 valence electrons. The van der Waals surface area contributed by atoms with Crippen LogP contribution in [-0.2, 0) is 21.0 Å². The summed E-state index contributed by atoms with van der Waals surface area (Å²) in [7, 11) is -3.67. The van der Waals surface area contributed by atoms with Crippen LogP contribution in [0.2, 0.25) is 0 Å².